The van der Waals surface area contributed by atoms with Gasteiger partial charge in [0.05, 0.1) is 11.9 Å². The van der Waals surface area contributed by atoms with Crippen molar-refractivity contribution in [2.24, 2.45) is 5.92 Å². The normalized spacial score (nSPS) is 11.7. The van der Waals surface area contributed by atoms with Crippen molar-refractivity contribution in [2.75, 3.05) is 25.5 Å². The molecule has 2 aromatic heterocycles. The average Bonchev–Trinajstić information content (AvgIpc) is 2.82. The third kappa shape index (κ3) is 3.90. The molecule has 0 aliphatic carbocycles. The zero-order chi connectivity index (χ0) is 14.5. The van der Waals surface area contributed by atoms with Crippen LogP contribution in [0, 0.1) is 5.92 Å². The van der Waals surface area contributed by atoms with E-state index in [0.29, 0.717) is 5.92 Å². The van der Waals surface area contributed by atoms with E-state index in [2.05, 4.69) is 54.5 Å². The van der Waals surface area contributed by atoms with Gasteiger partial charge in [-0.05, 0) is 30.8 Å². The van der Waals surface area contributed by atoms with Crippen molar-refractivity contribution in [1.29, 1.82) is 0 Å². The van der Waals surface area contributed by atoms with Crippen molar-refractivity contribution < 1.29 is 0 Å². The highest BCUT2D eigenvalue weighted by molar-refractivity contribution is 7.16. The highest BCUT2D eigenvalue weighted by Crippen LogP contribution is 2.25. The lowest BCUT2D eigenvalue weighted by atomic mass is 10.2. The van der Waals surface area contributed by atoms with Gasteiger partial charge in [-0.2, -0.15) is 0 Å². The van der Waals surface area contributed by atoms with Crippen molar-refractivity contribution in [2.45, 2.75) is 33.7 Å². The van der Waals surface area contributed by atoms with Gasteiger partial charge in [-0.3, -0.25) is 4.90 Å². The molecule has 4 nitrogen and oxygen atoms in total. The van der Waals surface area contributed by atoms with Gasteiger partial charge >= 0.3 is 0 Å². The zero-order valence-corrected chi connectivity index (χ0v) is 13.6. The van der Waals surface area contributed by atoms with Crippen LogP contribution in [0.4, 0.5) is 5.82 Å². The van der Waals surface area contributed by atoms with E-state index in [1.807, 2.05) is 0 Å². The molecular weight excluding hydrogens is 268 g/mol. The Bertz CT molecular complexity index is 550. The monoisotopic (exact) mass is 292 g/mol. The van der Waals surface area contributed by atoms with Crippen LogP contribution in [0.25, 0.3) is 10.2 Å². The molecule has 0 aliphatic heterocycles. The van der Waals surface area contributed by atoms with Gasteiger partial charge in [-0.15, -0.1) is 11.3 Å². The molecule has 0 aliphatic rings. The number of nitrogens with one attached hydrogen (secondary N) is 1. The van der Waals surface area contributed by atoms with E-state index in [-0.39, 0.29) is 0 Å². The van der Waals surface area contributed by atoms with Crippen LogP contribution in [0.1, 0.15) is 33.0 Å². The first-order valence-corrected chi connectivity index (χ1v) is 8.14. The molecule has 1 N–H and O–H groups in total. The zero-order valence-electron chi connectivity index (χ0n) is 12.8. The van der Waals surface area contributed by atoms with Crippen LogP contribution in [-0.2, 0) is 6.54 Å². The van der Waals surface area contributed by atoms with Crippen LogP contribution in [0.2, 0.25) is 0 Å². The molecule has 5 heteroatoms. The van der Waals surface area contributed by atoms with Crippen LogP contribution < -0.4 is 5.32 Å². The van der Waals surface area contributed by atoms with Gasteiger partial charge in [0.25, 0.3) is 0 Å². The molecule has 0 radical (unpaired) electrons. The second-order valence-corrected chi connectivity index (χ2v) is 6.54. The second-order valence-electron chi connectivity index (χ2n) is 5.65. The maximum atomic E-state index is 4.70. The van der Waals surface area contributed by atoms with Crippen molar-refractivity contribution in [3.8, 4) is 0 Å². The fourth-order valence-electron chi connectivity index (χ4n) is 2.28. The smallest absolute Gasteiger partial charge is 0.146 e. The molecule has 0 atom stereocenters. The Morgan fingerprint density at radius 3 is 2.85 bits per heavy atom. The van der Waals surface area contributed by atoms with Gasteiger partial charge in [-0.25, -0.2) is 9.97 Å². The quantitative estimate of drug-likeness (QED) is 0.846. The van der Waals surface area contributed by atoms with E-state index in [1.165, 1.54) is 0 Å². The number of nitrogens with zero attached hydrogens (tertiary/aromatic N) is 3. The van der Waals surface area contributed by atoms with Crippen LogP contribution in [0.15, 0.2) is 11.4 Å². The second kappa shape index (κ2) is 6.99. The van der Waals surface area contributed by atoms with Gasteiger partial charge in [0.15, 0.2) is 0 Å². The highest BCUT2D eigenvalue weighted by Gasteiger charge is 2.11. The molecule has 2 aromatic rings. The molecule has 2 heterocycles. The summed E-state index contributed by atoms with van der Waals surface area (Å²) in [5, 5.41) is 6.63. The Kier molecular flexibility index (Phi) is 5.31. The summed E-state index contributed by atoms with van der Waals surface area (Å²) in [6, 6.07) is 2.10. The maximum absolute atomic E-state index is 4.70. The lowest BCUT2D eigenvalue weighted by molar-refractivity contribution is 0.282. The Balaban J connectivity index is 2.20. The molecule has 0 fully saturated rings. The Morgan fingerprint density at radius 1 is 1.35 bits per heavy atom. The van der Waals surface area contributed by atoms with Gasteiger partial charge in [0.1, 0.15) is 16.5 Å². The predicted octanol–water partition coefficient (Wildman–Crippen LogP) is 3.60. The first-order chi connectivity index (χ1) is 9.60. The van der Waals surface area contributed by atoms with E-state index in [9.17, 15) is 0 Å². The summed E-state index contributed by atoms with van der Waals surface area (Å²) in [6.45, 7) is 9.43. The van der Waals surface area contributed by atoms with Crippen molar-refractivity contribution in [1.82, 2.24) is 14.9 Å². The van der Waals surface area contributed by atoms with E-state index in [4.69, 9.17) is 4.98 Å². The van der Waals surface area contributed by atoms with E-state index < -0.39 is 0 Å². The van der Waals surface area contributed by atoms with Crippen molar-refractivity contribution in [3.63, 3.8) is 0 Å². The minimum atomic E-state index is 0.656. The number of hydrogen-bond acceptors (Lipinski definition) is 5. The minimum Gasteiger partial charge on any atom is -0.369 e. The molecule has 0 spiro atoms. The molecule has 110 valence electrons. The first kappa shape index (κ1) is 15.2. The molecule has 0 saturated carbocycles. The third-order valence-corrected chi connectivity index (χ3v) is 3.81. The van der Waals surface area contributed by atoms with Crippen LogP contribution in [0.3, 0.4) is 0 Å². The minimum absolute atomic E-state index is 0.656. The van der Waals surface area contributed by atoms with Crippen LogP contribution in [0.5, 0.6) is 0 Å². The van der Waals surface area contributed by atoms with Gasteiger partial charge in [-0.1, -0.05) is 20.8 Å². The predicted molar refractivity (Wildman–Crippen MR) is 87.4 cm³/mol. The topological polar surface area (TPSA) is 41.1 Å². The number of fused-ring (bicyclic) bond motifs is 1. The molecule has 0 aromatic carbocycles. The highest BCUT2D eigenvalue weighted by atomic mass is 32.1. The molecule has 2 rings (SSSR count). The lowest BCUT2D eigenvalue weighted by Crippen LogP contribution is -2.24. The summed E-state index contributed by atoms with van der Waals surface area (Å²) < 4.78 is 0. The van der Waals surface area contributed by atoms with Gasteiger partial charge in [0.2, 0.25) is 0 Å². The summed E-state index contributed by atoms with van der Waals surface area (Å²) in [5.74, 6) is 2.54. The third-order valence-electron chi connectivity index (χ3n) is 3.00. The van der Waals surface area contributed by atoms with E-state index in [1.54, 1.807) is 11.3 Å². The largest absolute Gasteiger partial charge is 0.369 e. The molecule has 20 heavy (non-hydrogen) atoms. The number of thiophene rings is 1. The van der Waals surface area contributed by atoms with E-state index in [0.717, 1.165) is 47.9 Å². The van der Waals surface area contributed by atoms with E-state index >= 15 is 0 Å². The Morgan fingerprint density at radius 2 is 2.15 bits per heavy atom. The molecule has 0 unspecified atom stereocenters. The number of anilines is 1. The molecule has 0 amide bonds. The fraction of sp³-hybridized carbons (Fsp3) is 0.600. The molecular formula is C15H24N4S. The number of hydrogen-bond donors (Lipinski definition) is 1. The molecule has 0 saturated heterocycles. The molecule has 0 bridgehead atoms. The summed E-state index contributed by atoms with van der Waals surface area (Å²) in [5.41, 5.74) is 0. The fourth-order valence-corrected chi connectivity index (χ4v) is 3.06. The van der Waals surface area contributed by atoms with Crippen LogP contribution >= 0.6 is 11.3 Å². The SMILES string of the molecule is CCCNc1nc(CN(C)CC(C)C)nc2sccc12. The summed E-state index contributed by atoms with van der Waals surface area (Å²) in [6.07, 6.45) is 1.10. The first-order valence-electron chi connectivity index (χ1n) is 7.26. The van der Waals surface area contributed by atoms with Crippen molar-refractivity contribution in [3.05, 3.63) is 17.3 Å². The van der Waals surface area contributed by atoms with Gasteiger partial charge < -0.3 is 5.32 Å². The lowest BCUT2D eigenvalue weighted by Gasteiger charge is -2.18. The van der Waals surface area contributed by atoms with Crippen LogP contribution in [-0.4, -0.2) is 35.0 Å². The van der Waals surface area contributed by atoms with Crippen molar-refractivity contribution >= 4 is 27.4 Å². The Labute approximate surface area is 125 Å². The summed E-state index contributed by atoms with van der Waals surface area (Å²) in [4.78, 5) is 12.7. The Hall–Kier alpha value is -1.20. The number of rotatable bonds is 7. The average molecular weight is 292 g/mol. The number of aromatic nitrogens is 2. The van der Waals surface area contributed by atoms with Gasteiger partial charge in [0, 0.05) is 13.1 Å². The summed E-state index contributed by atoms with van der Waals surface area (Å²) in [7, 11) is 2.13. The standard InChI is InChI=1S/C15H24N4S/c1-5-7-16-14-12-6-8-20-15(12)18-13(17-14)10-19(4)9-11(2)3/h6,8,11H,5,7,9-10H2,1-4H3,(H,16,17,18). The maximum Gasteiger partial charge on any atom is 0.146 e. The summed E-state index contributed by atoms with van der Waals surface area (Å²) >= 11 is 1.68.